The van der Waals surface area contributed by atoms with Crippen LogP contribution in [0.2, 0.25) is 0 Å². The molecule has 0 atom stereocenters. The van der Waals surface area contributed by atoms with E-state index in [4.69, 9.17) is 4.74 Å². The largest absolute Gasteiger partial charge is 0.465 e. The summed E-state index contributed by atoms with van der Waals surface area (Å²) >= 11 is 1.64. The maximum Gasteiger partial charge on any atom is 0.315 e. The molecule has 0 saturated heterocycles. The van der Waals surface area contributed by atoms with Crippen molar-refractivity contribution in [3.8, 4) is 0 Å². The van der Waals surface area contributed by atoms with Crippen LogP contribution in [0.5, 0.6) is 0 Å². The van der Waals surface area contributed by atoms with E-state index in [0.717, 1.165) is 25.3 Å². The van der Waals surface area contributed by atoms with E-state index in [2.05, 4.69) is 12.2 Å². The molecule has 0 saturated carbocycles. The zero-order valence-corrected chi connectivity index (χ0v) is 9.99. The van der Waals surface area contributed by atoms with Crippen molar-refractivity contribution in [1.29, 1.82) is 0 Å². The van der Waals surface area contributed by atoms with Gasteiger partial charge in [-0.15, -0.1) is 0 Å². The Hall–Kier alpha value is -0.220. The van der Waals surface area contributed by atoms with Crippen LogP contribution in [0.25, 0.3) is 0 Å². The van der Waals surface area contributed by atoms with Crippen LogP contribution in [-0.2, 0) is 9.53 Å². The molecule has 4 heteroatoms. The molecule has 0 aliphatic carbocycles. The van der Waals surface area contributed by atoms with Gasteiger partial charge in [0, 0.05) is 0 Å². The lowest BCUT2D eigenvalue weighted by Crippen LogP contribution is -2.16. The molecule has 0 aromatic heterocycles. The Morgan fingerprint density at radius 1 is 1.36 bits per heavy atom. The number of rotatable bonds is 9. The summed E-state index contributed by atoms with van der Waals surface area (Å²) in [5, 5.41) is 3.32. The lowest BCUT2D eigenvalue weighted by Gasteiger charge is -2.03. The van der Waals surface area contributed by atoms with Crippen molar-refractivity contribution < 1.29 is 9.53 Å². The number of carbonyl (C=O) groups excluding carboxylic acids is 1. The molecule has 14 heavy (non-hydrogen) atoms. The molecule has 0 aromatic carbocycles. The molecule has 0 aliphatic rings. The predicted octanol–water partition coefficient (Wildman–Crippen LogP) is 1.67. The second-order valence-electron chi connectivity index (χ2n) is 2.96. The standard InChI is InChI=1S/C10H21NO2S/c1-3-6-11-7-5-8-14-9-10(12)13-4-2/h11H,3-9H2,1-2H3. The topological polar surface area (TPSA) is 38.3 Å². The number of thioether (sulfide) groups is 1. The van der Waals surface area contributed by atoms with Crippen LogP contribution in [-0.4, -0.2) is 37.2 Å². The lowest BCUT2D eigenvalue weighted by molar-refractivity contribution is -0.139. The van der Waals surface area contributed by atoms with Crippen LogP contribution in [0.4, 0.5) is 0 Å². The van der Waals surface area contributed by atoms with Crippen molar-refractivity contribution in [3.05, 3.63) is 0 Å². The first-order valence-electron chi connectivity index (χ1n) is 5.25. The van der Waals surface area contributed by atoms with E-state index in [-0.39, 0.29) is 5.97 Å². The summed E-state index contributed by atoms with van der Waals surface area (Å²) in [4.78, 5) is 10.9. The molecule has 0 unspecified atom stereocenters. The number of ether oxygens (including phenoxy) is 1. The third-order valence-corrected chi connectivity index (χ3v) is 2.61. The first kappa shape index (κ1) is 13.8. The Morgan fingerprint density at radius 3 is 2.79 bits per heavy atom. The van der Waals surface area contributed by atoms with Gasteiger partial charge in [-0.2, -0.15) is 11.8 Å². The second kappa shape index (κ2) is 10.9. The highest BCUT2D eigenvalue weighted by atomic mass is 32.2. The van der Waals surface area contributed by atoms with Gasteiger partial charge in [0.15, 0.2) is 0 Å². The monoisotopic (exact) mass is 219 g/mol. The van der Waals surface area contributed by atoms with E-state index < -0.39 is 0 Å². The molecule has 0 amide bonds. The maximum atomic E-state index is 10.9. The zero-order chi connectivity index (χ0) is 10.6. The van der Waals surface area contributed by atoms with Crippen molar-refractivity contribution >= 4 is 17.7 Å². The fraction of sp³-hybridized carbons (Fsp3) is 0.900. The second-order valence-corrected chi connectivity index (χ2v) is 4.07. The lowest BCUT2D eigenvalue weighted by atomic mass is 10.4. The summed E-state index contributed by atoms with van der Waals surface area (Å²) in [5.74, 6) is 1.41. The van der Waals surface area contributed by atoms with Gasteiger partial charge in [0.05, 0.1) is 12.4 Å². The van der Waals surface area contributed by atoms with Crippen molar-refractivity contribution in [2.75, 3.05) is 31.2 Å². The van der Waals surface area contributed by atoms with Gasteiger partial charge in [0.25, 0.3) is 0 Å². The molecule has 0 heterocycles. The maximum absolute atomic E-state index is 10.9. The summed E-state index contributed by atoms with van der Waals surface area (Å²) in [5.41, 5.74) is 0. The van der Waals surface area contributed by atoms with E-state index in [0.29, 0.717) is 12.4 Å². The van der Waals surface area contributed by atoms with Crippen molar-refractivity contribution in [2.24, 2.45) is 0 Å². The first-order chi connectivity index (χ1) is 6.81. The minimum Gasteiger partial charge on any atom is -0.465 e. The molecular weight excluding hydrogens is 198 g/mol. The zero-order valence-electron chi connectivity index (χ0n) is 9.17. The minimum atomic E-state index is -0.0981. The molecule has 0 bridgehead atoms. The fourth-order valence-electron chi connectivity index (χ4n) is 0.959. The molecule has 0 rings (SSSR count). The van der Waals surface area contributed by atoms with Crippen LogP contribution in [0.1, 0.15) is 26.7 Å². The van der Waals surface area contributed by atoms with Crippen molar-refractivity contribution in [3.63, 3.8) is 0 Å². The minimum absolute atomic E-state index is 0.0981. The molecule has 0 aromatic rings. The van der Waals surface area contributed by atoms with Crippen molar-refractivity contribution in [2.45, 2.75) is 26.7 Å². The quantitative estimate of drug-likeness (QED) is 0.473. The van der Waals surface area contributed by atoms with Gasteiger partial charge in [-0.25, -0.2) is 0 Å². The summed E-state index contributed by atoms with van der Waals surface area (Å²) in [6.45, 7) is 6.60. The normalized spacial score (nSPS) is 10.1. The molecular formula is C10H21NO2S. The molecule has 0 fully saturated rings. The Kier molecular flexibility index (Phi) is 10.7. The van der Waals surface area contributed by atoms with Crippen LogP contribution < -0.4 is 5.32 Å². The van der Waals surface area contributed by atoms with E-state index in [1.807, 2.05) is 6.92 Å². The van der Waals surface area contributed by atoms with Gasteiger partial charge in [-0.3, -0.25) is 4.79 Å². The predicted molar refractivity (Wildman–Crippen MR) is 61.7 cm³/mol. The van der Waals surface area contributed by atoms with Crippen molar-refractivity contribution in [1.82, 2.24) is 5.32 Å². The average molecular weight is 219 g/mol. The number of carbonyl (C=O) groups is 1. The Balaban J connectivity index is 3.01. The number of hydrogen-bond acceptors (Lipinski definition) is 4. The van der Waals surface area contributed by atoms with E-state index in [9.17, 15) is 4.79 Å². The molecule has 84 valence electrons. The summed E-state index contributed by atoms with van der Waals surface area (Å²) < 4.78 is 4.81. The van der Waals surface area contributed by atoms with Gasteiger partial charge in [0.2, 0.25) is 0 Å². The summed E-state index contributed by atoms with van der Waals surface area (Å²) in [7, 11) is 0. The SMILES string of the molecule is CCCNCCCSCC(=O)OCC. The van der Waals surface area contributed by atoms with E-state index in [1.165, 1.54) is 6.42 Å². The van der Waals surface area contributed by atoms with E-state index in [1.54, 1.807) is 11.8 Å². The van der Waals surface area contributed by atoms with Crippen LogP contribution in [0.3, 0.4) is 0 Å². The molecule has 0 aliphatic heterocycles. The Morgan fingerprint density at radius 2 is 2.14 bits per heavy atom. The Bertz CT molecular complexity index is 142. The fourth-order valence-corrected chi connectivity index (χ4v) is 1.70. The number of hydrogen-bond donors (Lipinski definition) is 1. The molecule has 1 N–H and O–H groups in total. The highest BCUT2D eigenvalue weighted by Crippen LogP contribution is 2.02. The number of nitrogens with one attached hydrogen (secondary N) is 1. The van der Waals surface area contributed by atoms with Gasteiger partial charge < -0.3 is 10.1 Å². The highest BCUT2D eigenvalue weighted by Gasteiger charge is 2.00. The molecule has 0 radical (unpaired) electrons. The van der Waals surface area contributed by atoms with Gasteiger partial charge in [0.1, 0.15) is 0 Å². The highest BCUT2D eigenvalue weighted by molar-refractivity contribution is 7.99. The van der Waals surface area contributed by atoms with Crippen LogP contribution in [0, 0.1) is 0 Å². The third kappa shape index (κ3) is 9.86. The first-order valence-corrected chi connectivity index (χ1v) is 6.40. The van der Waals surface area contributed by atoms with Gasteiger partial charge in [-0.1, -0.05) is 6.92 Å². The Labute approximate surface area is 91.0 Å². The summed E-state index contributed by atoms with van der Waals surface area (Å²) in [6, 6.07) is 0. The average Bonchev–Trinajstić information content (AvgIpc) is 2.17. The molecule has 0 spiro atoms. The van der Waals surface area contributed by atoms with Crippen LogP contribution >= 0.6 is 11.8 Å². The number of esters is 1. The summed E-state index contributed by atoms with van der Waals surface area (Å²) in [6.07, 6.45) is 2.29. The molecule has 3 nitrogen and oxygen atoms in total. The van der Waals surface area contributed by atoms with Gasteiger partial charge in [-0.05, 0) is 38.6 Å². The van der Waals surface area contributed by atoms with Gasteiger partial charge >= 0.3 is 5.97 Å². The van der Waals surface area contributed by atoms with E-state index >= 15 is 0 Å². The van der Waals surface area contributed by atoms with Crippen LogP contribution in [0.15, 0.2) is 0 Å². The smallest absolute Gasteiger partial charge is 0.315 e. The third-order valence-electron chi connectivity index (χ3n) is 1.59.